The highest BCUT2D eigenvalue weighted by atomic mass is 127. The summed E-state index contributed by atoms with van der Waals surface area (Å²) >= 11 is 0. The number of ether oxygens (including phenoxy) is 1. The van der Waals surface area contributed by atoms with Crippen LogP contribution in [0.4, 0.5) is 18.9 Å². The maximum Gasteiger partial charge on any atom is 0.416 e. The number of alkyl halides is 3. The van der Waals surface area contributed by atoms with Gasteiger partial charge in [-0.1, -0.05) is 6.07 Å². The summed E-state index contributed by atoms with van der Waals surface area (Å²) in [7, 11) is 0. The van der Waals surface area contributed by atoms with Crippen LogP contribution in [0.25, 0.3) is 0 Å². The quantitative estimate of drug-likeness (QED) is 0.344. The molecule has 0 saturated carbocycles. The third-order valence-electron chi connectivity index (χ3n) is 5.53. The van der Waals surface area contributed by atoms with Crippen molar-refractivity contribution in [1.82, 2.24) is 15.1 Å². The van der Waals surface area contributed by atoms with Gasteiger partial charge < -0.3 is 24.8 Å². The molecule has 2 heterocycles. The standard InChI is InChI=1S/C21H30F3N5O2.HI/c1-3-25-20(29-8-6-27(7-9-29)16(2)30)26-15-17-4-5-18(14-19(17)21(22,23)24)28-10-12-31-13-11-28;/h4-5,14H,3,6-13,15H2,1-2H3,(H,25,26);1H. The van der Waals surface area contributed by atoms with E-state index in [4.69, 9.17) is 4.74 Å². The number of hydrogen-bond acceptors (Lipinski definition) is 4. The number of benzene rings is 1. The van der Waals surface area contributed by atoms with E-state index in [9.17, 15) is 18.0 Å². The van der Waals surface area contributed by atoms with Gasteiger partial charge in [0.1, 0.15) is 0 Å². The molecule has 0 bridgehead atoms. The van der Waals surface area contributed by atoms with Crippen LogP contribution in [0.3, 0.4) is 0 Å². The number of halogens is 4. The van der Waals surface area contributed by atoms with Crippen molar-refractivity contribution in [2.24, 2.45) is 4.99 Å². The van der Waals surface area contributed by atoms with Gasteiger partial charge >= 0.3 is 6.18 Å². The summed E-state index contributed by atoms with van der Waals surface area (Å²) in [4.78, 5) is 21.7. The minimum absolute atomic E-state index is 0. The maximum atomic E-state index is 13.8. The number of piperazine rings is 1. The van der Waals surface area contributed by atoms with Crippen LogP contribution in [0.15, 0.2) is 23.2 Å². The van der Waals surface area contributed by atoms with Crippen LogP contribution in [0, 0.1) is 0 Å². The van der Waals surface area contributed by atoms with Crippen LogP contribution in [0.1, 0.15) is 25.0 Å². The number of carbonyl (C=O) groups excluding carboxylic acids is 1. The summed E-state index contributed by atoms with van der Waals surface area (Å²) in [6.45, 7) is 8.48. The lowest BCUT2D eigenvalue weighted by atomic mass is 10.1. The molecule has 0 atom stereocenters. The number of amides is 1. The van der Waals surface area contributed by atoms with Gasteiger partial charge in [0, 0.05) is 58.4 Å². The average Bonchev–Trinajstić information content (AvgIpc) is 2.76. The molecule has 3 rings (SSSR count). The molecule has 0 aliphatic carbocycles. The topological polar surface area (TPSA) is 60.4 Å². The van der Waals surface area contributed by atoms with E-state index in [0.717, 1.165) is 0 Å². The highest BCUT2D eigenvalue weighted by molar-refractivity contribution is 14.0. The van der Waals surface area contributed by atoms with Gasteiger partial charge in [-0.15, -0.1) is 24.0 Å². The number of nitrogens with one attached hydrogen (secondary N) is 1. The summed E-state index contributed by atoms with van der Waals surface area (Å²) < 4.78 is 46.7. The molecule has 11 heteroatoms. The Kier molecular flexibility index (Phi) is 9.86. The normalized spacial score (nSPS) is 17.8. The van der Waals surface area contributed by atoms with Crippen molar-refractivity contribution in [3.05, 3.63) is 29.3 Å². The fraction of sp³-hybridized carbons (Fsp3) is 0.619. The van der Waals surface area contributed by atoms with Gasteiger partial charge in [-0.25, -0.2) is 4.99 Å². The van der Waals surface area contributed by atoms with E-state index in [-0.39, 0.29) is 42.0 Å². The zero-order chi connectivity index (χ0) is 22.4. The van der Waals surface area contributed by atoms with Gasteiger partial charge in [-0.05, 0) is 24.6 Å². The summed E-state index contributed by atoms with van der Waals surface area (Å²) in [5.41, 5.74) is 0.0374. The first-order chi connectivity index (χ1) is 14.8. The lowest BCUT2D eigenvalue weighted by molar-refractivity contribution is -0.138. The van der Waals surface area contributed by atoms with Crippen molar-refractivity contribution >= 4 is 41.5 Å². The van der Waals surface area contributed by atoms with Crippen LogP contribution >= 0.6 is 24.0 Å². The van der Waals surface area contributed by atoms with Crippen molar-refractivity contribution in [2.45, 2.75) is 26.6 Å². The highest BCUT2D eigenvalue weighted by Gasteiger charge is 2.34. The Labute approximate surface area is 204 Å². The van der Waals surface area contributed by atoms with Crippen molar-refractivity contribution in [3.63, 3.8) is 0 Å². The fourth-order valence-electron chi connectivity index (χ4n) is 3.80. The Balaban J connectivity index is 0.00000363. The molecular weight excluding hydrogens is 538 g/mol. The van der Waals surface area contributed by atoms with Crippen molar-refractivity contribution in [2.75, 3.05) is 63.9 Å². The van der Waals surface area contributed by atoms with Gasteiger partial charge in [-0.2, -0.15) is 13.2 Å². The number of carbonyl (C=O) groups is 1. The molecule has 1 amide bonds. The minimum atomic E-state index is -4.46. The third kappa shape index (κ3) is 6.87. The van der Waals surface area contributed by atoms with Crippen LogP contribution < -0.4 is 10.2 Å². The van der Waals surface area contributed by atoms with E-state index in [2.05, 4.69) is 10.3 Å². The Hall–Kier alpha value is -1.76. The number of anilines is 1. The van der Waals surface area contributed by atoms with E-state index in [1.807, 2.05) is 16.7 Å². The first-order valence-electron chi connectivity index (χ1n) is 10.6. The molecule has 32 heavy (non-hydrogen) atoms. The molecule has 2 saturated heterocycles. The Morgan fingerprint density at radius 1 is 1.09 bits per heavy atom. The molecule has 1 aromatic carbocycles. The van der Waals surface area contributed by atoms with Gasteiger partial charge in [0.05, 0.1) is 25.3 Å². The zero-order valence-electron chi connectivity index (χ0n) is 18.5. The summed E-state index contributed by atoms with van der Waals surface area (Å²) in [5, 5.41) is 3.16. The van der Waals surface area contributed by atoms with E-state index in [0.29, 0.717) is 70.7 Å². The fourth-order valence-corrected chi connectivity index (χ4v) is 3.80. The van der Waals surface area contributed by atoms with E-state index < -0.39 is 11.7 Å². The van der Waals surface area contributed by atoms with Crippen molar-refractivity contribution in [1.29, 1.82) is 0 Å². The third-order valence-corrected chi connectivity index (χ3v) is 5.53. The SMILES string of the molecule is CCNC(=NCc1ccc(N2CCOCC2)cc1C(F)(F)F)N1CCN(C(C)=O)CC1.I. The maximum absolute atomic E-state index is 13.8. The van der Waals surface area contributed by atoms with E-state index in [1.165, 1.54) is 19.1 Å². The molecule has 0 radical (unpaired) electrons. The second-order valence-corrected chi connectivity index (χ2v) is 7.60. The zero-order valence-corrected chi connectivity index (χ0v) is 20.8. The van der Waals surface area contributed by atoms with Gasteiger partial charge in [0.15, 0.2) is 5.96 Å². The van der Waals surface area contributed by atoms with Gasteiger partial charge in [-0.3, -0.25) is 4.79 Å². The Bertz CT molecular complexity index is 792. The molecule has 0 spiro atoms. The second kappa shape index (κ2) is 11.9. The number of rotatable bonds is 4. The lowest BCUT2D eigenvalue weighted by Crippen LogP contribution is -2.53. The number of hydrogen-bond donors (Lipinski definition) is 1. The van der Waals surface area contributed by atoms with Crippen molar-refractivity contribution in [3.8, 4) is 0 Å². The first kappa shape index (κ1) is 26.5. The Morgan fingerprint density at radius 2 is 1.72 bits per heavy atom. The smallest absolute Gasteiger partial charge is 0.378 e. The number of guanidine groups is 1. The molecule has 7 nitrogen and oxygen atoms in total. The number of aliphatic imine (C=N–C) groups is 1. The van der Waals surface area contributed by atoms with Gasteiger partial charge in [0.2, 0.25) is 5.91 Å². The van der Waals surface area contributed by atoms with Crippen LogP contribution in [-0.2, 0) is 22.3 Å². The molecule has 2 aliphatic heterocycles. The van der Waals surface area contributed by atoms with Crippen LogP contribution in [0.5, 0.6) is 0 Å². The summed E-state index contributed by atoms with van der Waals surface area (Å²) in [5.74, 6) is 0.591. The molecule has 1 N–H and O–H groups in total. The predicted octanol–water partition coefficient (Wildman–Crippen LogP) is 2.79. The largest absolute Gasteiger partial charge is 0.416 e. The highest BCUT2D eigenvalue weighted by Crippen LogP contribution is 2.35. The van der Waals surface area contributed by atoms with E-state index >= 15 is 0 Å². The first-order valence-corrected chi connectivity index (χ1v) is 10.6. The van der Waals surface area contributed by atoms with E-state index in [1.54, 1.807) is 11.0 Å². The van der Waals surface area contributed by atoms with Crippen LogP contribution in [0.2, 0.25) is 0 Å². The lowest BCUT2D eigenvalue weighted by Gasteiger charge is -2.36. The molecular formula is C21H31F3IN5O2. The minimum Gasteiger partial charge on any atom is -0.378 e. The monoisotopic (exact) mass is 569 g/mol. The molecule has 1 aromatic rings. The average molecular weight is 569 g/mol. The summed E-state index contributed by atoms with van der Waals surface area (Å²) in [6.07, 6.45) is -4.46. The number of morpholine rings is 1. The molecule has 180 valence electrons. The second-order valence-electron chi connectivity index (χ2n) is 7.60. The molecule has 0 unspecified atom stereocenters. The number of nitrogens with zero attached hydrogens (tertiary/aromatic N) is 4. The van der Waals surface area contributed by atoms with Crippen molar-refractivity contribution < 1.29 is 22.7 Å². The molecule has 2 aliphatic rings. The Morgan fingerprint density at radius 3 is 2.28 bits per heavy atom. The summed E-state index contributed by atoms with van der Waals surface area (Å²) in [6, 6.07) is 4.47. The molecule has 2 fully saturated rings. The van der Waals surface area contributed by atoms with Crippen LogP contribution in [-0.4, -0.2) is 80.7 Å². The predicted molar refractivity (Wildman–Crippen MR) is 129 cm³/mol. The molecule has 0 aromatic heterocycles. The van der Waals surface area contributed by atoms with Gasteiger partial charge in [0.25, 0.3) is 0 Å².